The van der Waals surface area contributed by atoms with Gasteiger partial charge in [0.1, 0.15) is 11.3 Å². The van der Waals surface area contributed by atoms with Gasteiger partial charge in [-0.25, -0.2) is 4.79 Å². The van der Waals surface area contributed by atoms with Gasteiger partial charge in [0.2, 0.25) is 0 Å². The van der Waals surface area contributed by atoms with Crippen LogP contribution in [0.25, 0.3) is 6.08 Å². The summed E-state index contributed by atoms with van der Waals surface area (Å²) in [5, 5.41) is 2.20. The first-order valence-electron chi connectivity index (χ1n) is 8.70. The van der Waals surface area contributed by atoms with Crippen molar-refractivity contribution < 1.29 is 28.6 Å². The summed E-state index contributed by atoms with van der Waals surface area (Å²) in [6.07, 6.45) is 1.41. The highest BCUT2D eigenvalue weighted by molar-refractivity contribution is 6.30. The highest BCUT2D eigenvalue weighted by atomic mass is 16.5. The molecule has 4 amide bonds. The van der Waals surface area contributed by atoms with Crippen LogP contribution in [0.3, 0.4) is 0 Å². The molecule has 0 atom stereocenters. The number of hydrogen-bond acceptors (Lipinski definition) is 6. The molecule has 8 nitrogen and oxygen atoms in total. The minimum Gasteiger partial charge on any atom is -0.497 e. The van der Waals surface area contributed by atoms with Gasteiger partial charge in [-0.05, 0) is 41.5 Å². The SMILES string of the molecule is COc1ccc(CN2C(=O)NC(=O)/C(=C\c3ccc(OC)c(OC)c3)C2=O)cc1. The van der Waals surface area contributed by atoms with Crippen molar-refractivity contribution in [3.05, 3.63) is 59.2 Å². The fourth-order valence-electron chi connectivity index (χ4n) is 2.86. The van der Waals surface area contributed by atoms with Crippen LogP contribution in [-0.4, -0.2) is 44.1 Å². The molecule has 2 aromatic rings. The van der Waals surface area contributed by atoms with Crippen LogP contribution in [0, 0.1) is 0 Å². The standard InChI is InChI=1S/C21H20N2O6/c1-27-15-7-4-13(5-8-15)12-23-20(25)16(19(24)22-21(23)26)10-14-6-9-17(28-2)18(11-14)29-3/h4-11H,12H2,1-3H3,(H,22,24,26)/b16-10+. The maximum atomic E-state index is 12.9. The Bertz CT molecular complexity index is 981. The molecule has 1 N–H and O–H groups in total. The minimum atomic E-state index is -0.764. The van der Waals surface area contributed by atoms with E-state index in [4.69, 9.17) is 14.2 Å². The number of carbonyl (C=O) groups is 3. The number of barbiturate groups is 1. The third kappa shape index (κ3) is 4.21. The number of hydrogen-bond donors (Lipinski definition) is 1. The van der Waals surface area contributed by atoms with Gasteiger partial charge in [-0.15, -0.1) is 0 Å². The lowest BCUT2D eigenvalue weighted by Crippen LogP contribution is -2.53. The Morgan fingerprint density at radius 2 is 1.59 bits per heavy atom. The zero-order valence-corrected chi connectivity index (χ0v) is 16.2. The molecule has 3 rings (SSSR count). The third-order valence-corrected chi connectivity index (χ3v) is 4.40. The zero-order chi connectivity index (χ0) is 21.0. The molecule has 0 aliphatic carbocycles. The second-order valence-electron chi connectivity index (χ2n) is 6.17. The van der Waals surface area contributed by atoms with Gasteiger partial charge in [0, 0.05) is 0 Å². The van der Waals surface area contributed by atoms with Crippen LogP contribution in [0.4, 0.5) is 4.79 Å². The van der Waals surface area contributed by atoms with Crippen LogP contribution in [0.5, 0.6) is 17.2 Å². The summed E-state index contributed by atoms with van der Waals surface area (Å²) in [5.74, 6) is 0.208. The summed E-state index contributed by atoms with van der Waals surface area (Å²) in [7, 11) is 4.55. The van der Waals surface area contributed by atoms with E-state index >= 15 is 0 Å². The van der Waals surface area contributed by atoms with Crippen molar-refractivity contribution in [2.24, 2.45) is 0 Å². The number of carbonyl (C=O) groups excluding carboxylic acids is 3. The molecule has 0 bridgehead atoms. The first kappa shape index (κ1) is 19.9. The lowest BCUT2D eigenvalue weighted by Gasteiger charge is -2.26. The third-order valence-electron chi connectivity index (χ3n) is 4.40. The van der Waals surface area contributed by atoms with Crippen LogP contribution in [-0.2, 0) is 16.1 Å². The molecule has 0 unspecified atom stereocenters. The molecule has 1 saturated heterocycles. The summed E-state index contributed by atoms with van der Waals surface area (Å²) in [4.78, 5) is 38.3. The highest BCUT2D eigenvalue weighted by Gasteiger charge is 2.35. The summed E-state index contributed by atoms with van der Waals surface area (Å²) in [6.45, 7) is 0.0191. The maximum Gasteiger partial charge on any atom is 0.331 e. The summed E-state index contributed by atoms with van der Waals surface area (Å²) in [6, 6.07) is 11.2. The van der Waals surface area contributed by atoms with Crippen molar-refractivity contribution in [2.45, 2.75) is 6.54 Å². The van der Waals surface area contributed by atoms with Gasteiger partial charge in [-0.2, -0.15) is 0 Å². The molecule has 150 valence electrons. The molecule has 0 radical (unpaired) electrons. The largest absolute Gasteiger partial charge is 0.497 e. The first-order chi connectivity index (χ1) is 14.0. The predicted octanol–water partition coefficient (Wildman–Crippen LogP) is 2.37. The number of nitrogens with one attached hydrogen (secondary N) is 1. The molecule has 0 aromatic heterocycles. The zero-order valence-electron chi connectivity index (χ0n) is 16.2. The average Bonchev–Trinajstić information content (AvgIpc) is 2.74. The van der Waals surface area contributed by atoms with E-state index in [0.717, 1.165) is 4.90 Å². The van der Waals surface area contributed by atoms with E-state index in [1.54, 1.807) is 49.6 Å². The van der Waals surface area contributed by atoms with Crippen molar-refractivity contribution in [1.82, 2.24) is 10.2 Å². The van der Waals surface area contributed by atoms with E-state index in [9.17, 15) is 14.4 Å². The molecular weight excluding hydrogens is 376 g/mol. The van der Waals surface area contributed by atoms with E-state index in [1.165, 1.54) is 20.3 Å². The van der Waals surface area contributed by atoms with Gasteiger partial charge in [0.25, 0.3) is 11.8 Å². The van der Waals surface area contributed by atoms with Crippen molar-refractivity contribution in [3.8, 4) is 17.2 Å². The van der Waals surface area contributed by atoms with Gasteiger partial charge in [-0.3, -0.25) is 19.8 Å². The van der Waals surface area contributed by atoms with Gasteiger partial charge < -0.3 is 14.2 Å². The second kappa shape index (κ2) is 8.47. The number of benzene rings is 2. The molecule has 29 heavy (non-hydrogen) atoms. The Balaban J connectivity index is 1.88. The van der Waals surface area contributed by atoms with E-state index in [1.807, 2.05) is 0 Å². The summed E-state index contributed by atoms with van der Waals surface area (Å²) in [5.41, 5.74) is 1.12. The molecule has 2 aromatic carbocycles. The quantitative estimate of drug-likeness (QED) is 0.595. The Labute approximate surface area is 167 Å². The van der Waals surface area contributed by atoms with Gasteiger partial charge in [0.05, 0.1) is 27.9 Å². The Hall–Kier alpha value is -3.81. The van der Waals surface area contributed by atoms with Crippen LogP contribution in [0.2, 0.25) is 0 Å². The molecule has 1 heterocycles. The lowest BCUT2D eigenvalue weighted by atomic mass is 10.1. The van der Waals surface area contributed by atoms with E-state index in [2.05, 4.69) is 5.32 Å². The number of ether oxygens (including phenoxy) is 3. The van der Waals surface area contributed by atoms with E-state index in [-0.39, 0.29) is 12.1 Å². The molecule has 1 aliphatic rings. The topological polar surface area (TPSA) is 94.2 Å². The summed E-state index contributed by atoms with van der Waals surface area (Å²) >= 11 is 0. The van der Waals surface area contributed by atoms with E-state index in [0.29, 0.717) is 28.4 Å². The smallest absolute Gasteiger partial charge is 0.331 e. The minimum absolute atomic E-state index is 0.0191. The Morgan fingerprint density at radius 1 is 0.897 bits per heavy atom. The van der Waals surface area contributed by atoms with Crippen LogP contribution in [0.1, 0.15) is 11.1 Å². The van der Waals surface area contributed by atoms with Gasteiger partial charge in [-0.1, -0.05) is 18.2 Å². The van der Waals surface area contributed by atoms with Crippen LogP contribution >= 0.6 is 0 Å². The fraction of sp³-hybridized carbons (Fsp3) is 0.190. The Kier molecular flexibility index (Phi) is 5.82. The highest BCUT2D eigenvalue weighted by Crippen LogP contribution is 2.29. The number of methoxy groups -OCH3 is 3. The average molecular weight is 396 g/mol. The predicted molar refractivity (Wildman–Crippen MR) is 105 cm³/mol. The monoisotopic (exact) mass is 396 g/mol. The molecular formula is C21H20N2O6. The number of imide groups is 2. The number of urea groups is 1. The fourth-order valence-corrected chi connectivity index (χ4v) is 2.86. The van der Waals surface area contributed by atoms with Crippen molar-refractivity contribution >= 4 is 23.9 Å². The molecule has 0 saturated carbocycles. The number of amides is 4. The molecule has 1 fully saturated rings. The van der Waals surface area contributed by atoms with Crippen LogP contribution < -0.4 is 19.5 Å². The van der Waals surface area contributed by atoms with Crippen molar-refractivity contribution in [3.63, 3.8) is 0 Å². The maximum absolute atomic E-state index is 12.9. The second-order valence-corrected chi connectivity index (χ2v) is 6.17. The van der Waals surface area contributed by atoms with Crippen molar-refractivity contribution in [2.75, 3.05) is 21.3 Å². The van der Waals surface area contributed by atoms with Crippen LogP contribution in [0.15, 0.2) is 48.0 Å². The van der Waals surface area contributed by atoms with Crippen molar-refractivity contribution in [1.29, 1.82) is 0 Å². The molecule has 0 spiro atoms. The molecule has 8 heteroatoms. The number of rotatable bonds is 6. The molecule has 1 aliphatic heterocycles. The lowest BCUT2D eigenvalue weighted by molar-refractivity contribution is -0.130. The number of nitrogens with zero attached hydrogens (tertiary/aromatic N) is 1. The van der Waals surface area contributed by atoms with E-state index < -0.39 is 17.8 Å². The first-order valence-corrected chi connectivity index (χ1v) is 8.70. The summed E-state index contributed by atoms with van der Waals surface area (Å²) < 4.78 is 15.5. The van der Waals surface area contributed by atoms with Gasteiger partial charge in [0.15, 0.2) is 11.5 Å². The normalized spacial score (nSPS) is 15.3. The Morgan fingerprint density at radius 3 is 2.21 bits per heavy atom. The van der Waals surface area contributed by atoms with Gasteiger partial charge >= 0.3 is 6.03 Å².